The Balaban J connectivity index is 3.78. The van der Waals surface area contributed by atoms with Gasteiger partial charge in [-0.3, -0.25) is 0 Å². The molecule has 0 saturated carbocycles. The van der Waals surface area contributed by atoms with E-state index in [1.165, 1.54) is 14.2 Å². The molecular formula is C5H13NO4Si. The third-order valence-corrected chi connectivity index (χ3v) is 2.98. The van der Waals surface area contributed by atoms with Crippen LogP contribution in [0.15, 0.2) is 0 Å². The molecule has 11 heavy (non-hydrogen) atoms. The maximum absolute atomic E-state index is 10.3. The summed E-state index contributed by atoms with van der Waals surface area (Å²) in [5.41, 5.74) is 4.43. The normalized spacial score (nSPS) is 13.1. The molecule has 0 spiro atoms. The van der Waals surface area contributed by atoms with Crippen molar-refractivity contribution in [3.8, 4) is 0 Å². The minimum atomic E-state index is -1.87. The Bertz CT molecular complexity index is 128. The molecule has 0 bridgehead atoms. The number of nitrogens with two attached hydrogens (primary N) is 1. The van der Waals surface area contributed by atoms with Crippen LogP contribution in [0.3, 0.4) is 0 Å². The number of primary amides is 1. The Morgan fingerprint density at radius 2 is 1.91 bits per heavy atom. The van der Waals surface area contributed by atoms with Crippen LogP contribution < -0.4 is 5.73 Å². The van der Waals surface area contributed by atoms with Crippen LogP contribution in [0.5, 0.6) is 0 Å². The number of carbonyl (C=O) groups excluding carboxylic acids is 1. The first-order valence-electron chi connectivity index (χ1n) is 3.13. The van der Waals surface area contributed by atoms with Gasteiger partial charge in [-0.05, 0) is 6.92 Å². The van der Waals surface area contributed by atoms with Crippen molar-refractivity contribution in [3.63, 3.8) is 0 Å². The summed E-state index contributed by atoms with van der Waals surface area (Å²) < 4.78 is 14.5. The molecule has 6 heteroatoms. The highest BCUT2D eigenvalue weighted by molar-refractivity contribution is 6.46. The summed E-state index contributed by atoms with van der Waals surface area (Å²) in [6.45, 7) is 1.69. The van der Waals surface area contributed by atoms with E-state index in [2.05, 4.69) is 4.74 Å². The van der Waals surface area contributed by atoms with Gasteiger partial charge in [0, 0.05) is 14.2 Å². The fourth-order valence-corrected chi connectivity index (χ4v) is 1.92. The van der Waals surface area contributed by atoms with Gasteiger partial charge in [0.25, 0.3) is 0 Å². The van der Waals surface area contributed by atoms with Gasteiger partial charge in [0.2, 0.25) is 0 Å². The molecular weight excluding hydrogens is 166 g/mol. The highest BCUT2D eigenvalue weighted by Gasteiger charge is 2.22. The van der Waals surface area contributed by atoms with E-state index in [4.69, 9.17) is 14.6 Å². The zero-order valence-electron chi connectivity index (χ0n) is 6.87. The second kappa shape index (κ2) is 5.11. The van der Waals surface area contributed by atoms with Crippen molar-refractivity contribution in [3.05, 3.63) is 0 Å². The van der Waals surface area contributed by atoms with Crippen molar-refractivity contribution in [1.29, 1.82) is 0 Å². The first kappa shape index (κ1) is 10.4. The van der Waals surface area contributed by atoms with Crippen LogP contribution in [-0.4, -0.2) is 35.3 Å². The van der Waals surface area contributed by atoms with E-state index in [1.54, 1.807) is 6.92 Å². The predicted octanol–water partition coefficient (Wildman–Crippen LogP) is -0.477. The van der Waals surface area contributed by atoms with Crippen molar-refractivity contribution >= 4 is 15.4 Å². The Morgan fingerprint density at radius 3 is 2.18 bits per heavy atom. The van der Waals surface area contributed by atoms with Gasteiger partial charge >= 0.3 is 15.4 Å². The van der Waals surface area contributed by atoms with Crippen molar-refractivity contribution in [2.24, 2.45) is 5.73 Å². The zero-order valence-corrected chi connectivity index (χ0v) is 8.02. The van der Waals surface area contributed by atoms with Crippen LogP contribution in [0.4, 0.5) is 4.79 Å². The van der Waals surface area contributed by atoms with E-state index in [1.807, 2.05) is 0 Å². The molecule has 0 fully saturated rings. The molecule has 0 heterocycles. The Hall–Kier alpha value is -0.593. The van der Waals surface area contributed by atoms with Gasteiger partial charge in [-0.1, -0.05) is 0 Å². The first-order valence-corrected chi connectivity index (χ1v) is 4.74. The van der Waals surface area contributed by atoms with E-state index < -0.39 is 15.4 Å². The lowest BCUT2D eigenvalue weighted by Crippen LogP contribution is -2.38. The largest absolute Gasteiger partial charge is 0.445 e. The van der Waals surface area contributed by atoms with Crippen molar-refractivity contribution in [2.75, 3.05) is 14.2 Å². The van der Waals surface area contributed by atoms with E-state index >= 15 is 0 Å². The summed E-state index contributed by atoms with van der Waals surface area (Å²) in [6.07, 6.45) is -0.802. The standard InChI is InChI=1S/C5H13NO4Si/c1-4(10-5(6)7)11(8-2)9-3/h4,11H,1-3H3,(H2,6,7). The molecule has 0 aliphatic carbocycles. The average Bonchev–Trinajstić information content (AvgIpc) is 1.88. The number of amides is 1. The fourth-order valence-electron chi connectivity index (χ4n) is 0.718. The van der Waals surface area contributed by atoms with Crippen LogP contribution in [-0.2, 0) is 13.6 Å². The second-order valence-electron chi connectivity index (χ2n) is 1.98. The lowest BCUT2D eigenvalue weighted by molar-refractivity contribution is 0.121. The Labute approximate surface area is 67.3 Å². The minimum absolute atomic E-state index is 0.359. The number of hydrogen-bond acceptors (Lipinski definition) is 4. The molecule has 0 aliphatic heterocycles. The molecule has 2 N–H and O–H groups in total. The van der Waals surface area contributed by atoms with E-state index in [0.717, 1.165) is 0 Å². The highest BCUT2D eigenvalue weighted by Crippen LogP contribution is 1.98. The average molecular weight is 179 g/mol. The summed E-state index contributed by atoms with van der Waals surface area (Å²) in [5, 5.41) is 0. The second-order valence-corrected chi connectivity index (χ2v) is 4.60. The molecule has 5 nitrogen and oxygen atoms in total. The molecule has 0 rings (SSSR count). The predicted molar refractivity (Wildman–Crippen MR) is 41.3 cm³/mol. The minimum Gasteiger partial charge on any atom is -0.445 e. The van der Waals surface area contributed by atoms with Gasteiger partial charge in [-0.2, -0.15) is 0 Å². The maximum atomic E-state index is 10.3. The van der Waals surface area contributed by atoms with Crippen LogP contribution in [0, 0.1) is 0 Å². The summed E-state index contributed by atoms with van der Waals surface area (Å²) in [7, 11) is 1.16. The number of ether oxygens (including phenoxy) is 1. The van der Waals surface area contributed by atoms with E-state index in [-0.39, 0.29) is 5.73 Å². The zero-order chi connectivity index (χ0) is 8.85. The van der Waals surface area contributed by atoms with Gasteiger partial charge in [-0.15, -0.1) is 0 Å². The third-order valence-electron chi connectivity index (χ3n) is 1.15. The quantitative estimate of drug-likeness (QED) is 0.592. The molecule has 0 aromatic heterocycles. The van der Waals surface area contributed by atoms with Crippen LogP contribution in [0.25, 0.3) is 0 Å². The molecule has 0 radical (unpaired) electrons. The Kier molecular flexibility index (Phi) is 4.83. The maximum Gasteiger partial charge on any atom is 0.404 e. The molecule has 0 aromatic carbocycles. The third kappa shape index (κ3) is 3.97. The smallest absolute Gasteiger partial charge is 0.404 e. The molecule has 0 saturated heterocycles. The lowest BCUT2D eigenvalue weighted by Gasteiger charge is -2.17. The molecule has 0 aliphatic rings. The first-order chi connectivity index (χ1) is 5.11. The van der Waals surface area contributed by atoms with E-state index in [0.29, 0.717) is 0 Å². The topological polar surface area (TPSA) is 70.8 Å². The van der Waals surface area contributed by atoms with Crippen molar-refractivity contribution < 1.29 is 18.4 Å². The molecule has 1 amide bonds. The van der Waals surface area contributed by atoms with Crippen molar-refractivity contribution in [1.82, 2.24) is 0 Å². The summed E-state index contributed by atoms with van der Waals surface area (Å²) in [5.74, 6) is 0. The summed E-state index contributed by atoms with van der Waals surface area (Å²) in [6, 6.07) is 0. The van der Waals surface area contributed by atoms with Gasteiger partial charge in [0.15, 0.2) is 0 Å². The molecule has 0 aromatic rings. The molecule has 66 valence electrons. The van der Waals surface area contributed by atoms with Crippen LogP contribution in [0.2, 0.25) is 0 Å². The lowest BCUT2D eigenvalue weighted by atomic mass is 10.8. The van der Waals surface area contributed by atoms with Gasteiger partial charge in [0.1, 0.15) is 5.73 Å². The van der Waals surface area contributed by atoms with Crippen molar-refractivity contribution in [2.45, 2.75) is 12.7 Å². The summed E-state index contributed by atoms with van der Waals surface area (Å²) in [4.78, 5) is 10.3. The summed E-state index contributed by atoms with van der Waals surface area (Å²) >= 11 is 0. The molecule has 1 unspecified atom stereocenters. The van der Waals surface area contributed by atoms with Crippen LogP contribution in [0.1, 0.15) is 6.92 Å². The monoisotopic (exact) mass is 179 g/mol. The highest BCUT2D eigenvalue weighted by atomic mass is 28.3. The fraction of sp³-hybridized carbons (Fsp3) is 0.800. The number of hydrogen-bond donors (Lipinski definition) is 1. The van der Waals surface area contributed by atoms with E-state index in [9.17, 15) is 4.79 Å². The van der Waals surface area contributed by atoms with Crippen LogP contribution >= 0.6 is 0 Å². The van der Waals surface area contributed by atoms with Gasteiger partial charge in [-0.25, -0.2) is 4.79 Å². The SMILES string of the molecule is CO[SiH](OC)C(C)OC(N)=O. The Morgan fingerprint density at radius 1 is 1.45 bits per heavy atom. The molecule has 1 atom stereocenters. The van der Waals surface area contributed by atoms with Gasteiger partial charge < -0.3 is 19.3 Å². The number of rotatable bonds is 4. The number of carbonyl (C=O) groups is 1. The van der Waals surface area contributed by atoms with Gasteiger partial charge in [0.05, 0.1) is 0 Å².